The summed E-state index contributed by atoms with van der Waals surface area (Å²) in [5.41, 5.74) is 2.40. The summed E-state index contributed by atoms with van der Waals surface area (Å²) in [7, 11) is -2.26. The van der Waals surface area contributed by atoms with Crippen LogP contribution in [0.5, 0.6) is 0 Å². The van der Waals surface area contributed by atoms with Gasteiger partial charge < -0.3 is 10.1 Å². The van der Waals surface area contributed by atoms with Crippen molar-refractivity contribution >= 4 is 21.6 Å². The highest BCUT2D eigenvalue weighted by Crippen LogP contribution is 2.20. The number of sulfonamides is 1. The predicted octanol–water partition coefficient (Wildman–Crippen LogP) is 1.46. The fourth-order valence-corrected chi connectivity index (χ4v) is 3.80. The van der Waals surface area contributed by atoms with Crippen LogP contribution >= 0.6 is 0 Å². The highest BCUT2D eigenvalue weighted by atomic mass is 32.2. The minimum atomic E-state index is -3.74. The van der Waals surface area contributed by atoms with Gasteiger partial charge in [0, 0.05) is 24.9 Å². The molecule has 1 amide bonds. The van der Waals surface area contributed by atoms with Crippen LogP contribution in [0.25, 0.3) is 5.69 Å². The van der Waals surface area contributed by atoms with Gasteiger partial charge in [-0.3, -0.25) is 4.79 Å². The summed E-state index contributed by atoms with van der Waals surface area (Å²) in [6, 6.07) is 11.2. The Labute approximate surface area is 174 Å². The van der Waals surface area contributed by atoms with Crippen LogP contribution in [-0.4, -0.2) is 54.8 Å². The molecule has 0 spiro atoms. The average molecular weight is 430 g/mol. The van der Waals surface area contributed by atoms with Crippen LogP contribution in [0, 0.1) is 13.8 Å². The minimum absolute atomic E-state index is 0.000151. The van der Waals surface area contributed by atoms with E-state index in [1.165, 1.54) is 25.3 Å². The summed E-state index contributed by atoms with van der Waals surface area (Å²) in [6.45, 7) is 4.07. The number of aromatic nitrogens is 4. The first kappa shape index (κ1) is 21.6. The molecule has 3 rings (SSSR count). The molecule has 0 atom stereocenters. The number of nitrogens with one attached hydrogen (secondary N) is 2. The fourth-order valence-electron chi connectivity index (χ4n) is 2.74. The summed E-state index contributed by atoms with van der Waals surface area (Å²) in [4.78, 5) is 12.7. The van der Waals surface area contributed by atoms with Crippen LogP contribution in [0.2, 0.25) is 0 Å². The second-order valence-corrected chi connectivity index (χ2v) is 8.28. The number of carbonyl (C=O) groups is 1. The number of benzene rings is 2. The Hall–Kier alpha value is -3.15. The first-order valence-electron chi connectivity index (χ1n) is 9.08. The van der Waals surface area contributed by atoms with Crippen LogP contribution in [0.4, 0.5) is 5.69 Å². The van der Waals surface area contributed by atoms with Gasteiger partial charge in [-0.1, -0.05) is 12.1 Å². The highest BCUT2D eigenvalue weighted by Gasteiger charge is 2.16. The largest absolute Gasteiger partial charge is 0.383 e. The van der Waals surface area contributed by atoms with Crippen LogP contribution < -0.4 is 10.0 Å². The lowest BCUT2D eigenvalue weighted by atomic mass is 10.1. The molecule has 0 aliphatic carbocycles. The molecule has 0 bridgehead atoms. The van der Waals surface area contributed by atoms with Gasteiger partial charge in [0.25, 0.3) is 5.91 Å². The van der Waals surface area contributed by atoms with Gasteiger partial charge in [0.1, 0.15) is 0 Å². The summed E-state index contributed by atoms with van der Waals surface area (Å²) in [5, 5.41) is 14.3. The van der Waals surface area contributed by atoms with Gasteiger partial charge in [-0.05, 0) is 60.2 Å². The molecular formula is C19H22N6O4S. The van der Waals surface area contributed by atoms with E-state index in [-0.39, 0.29) is 23.6 Å². The van der Waals surface area contributed by atoms with Gasteiger partial charge in [-0.15, -0.1) is 5.10 Å². The molecule has 0 aliphatic rings. The third-order valence-corrected chi connectivity index (χ3v) is 5.78. The zero-order valence-electron chi connectivity index (χ0n) is 16.8. The maximum atomic E-state index is 12.7. The lowest BCUT2D eigenvalue weighted by Gasteiger charge is -2.11. The Morgan fingerprint density at radius 1 is 1.17 bits per heavy atom. The molecule has 2 N–H and O–H groups in total. The van der Waals surface area contributed by atoms with Crippen molar-refractivity contribution in [1.82, 2.24) is 24.9 Å². The molecule has 2 aromatic carbocycles. The standard InChI is InChI=1S/C19H22N6O4S/c1-13-7-8-16(12-18(13)25-14(2)22-23-24-25)21-19(26)15-5-4-6-17(11-15)30(27,28)20-9-10-29-3/h4-8,11-12,20H,9-10H2,1-3H3,(H,21,26). The number of amides is 1. The molecule has 1 heterocycles. The molecule has 11 heteroatoms. The Morgan fingerprint density at radius 3 is 2.67 bits per heavy atom. The third-order valence-electron chi connectivity index (χ3n) is 4.33. The van der Waals surface area contributed by atoms with Gasteiger partial charge in [0.2, 0.25) is 10.0 Å². The number of ether oxygens (including phenoxy) is 1. The minimum Gasteiger partial charge on any atom is -0.383 e. The first-order valence-corrected chi connectivity index (χ1v) is 10.6. The van der Waals surface area contributed by atoms with E-state index < -0.39 is 15.9 Å². The van der Waals surface area contributed by atoms with Gasteiger partial charge in [-0.25, -0.2) is 13.1 Å². The monoisotopic (exact) mass is 430 g/mol. The van der Waals surface area contributed by atoms with Crippen molar-refractivity contribution in [2.75, 3.05) is 25.6 Å². The number of tetrazole rings is 1. The zero-order valence-corrected chi connectivity index (χ0v) is 17.6. The molecule has 0 saturated carbocycles. The second-order valence-electron chi connectivity index (χ2n) is 6.51. The summed E-state index contributed by atoms with van der Waals surface area (Å²) in [6.07, 6.45) is 0. The van der Waals surface area contributed by atoms with E-state index in [0.29, 0.717) is 11.5 Å². The van der Waals surface area contributed by atoms with E-state index >= 15 is 0 Å². The number of hydrogen-bond donors (Lipinski definition) is 2. The number of hydrogen-bond acceptors (Lipinski definition) is 7. The number of nitrogens with zero attached hydrogens (tertiary/aromatic N) is 4. The van der Waals surface area contributed by atoms with E-state index in [0.717, 1.165) is 11.3 Å². The number of aryl methyl sites for hydroxylation is 2. The van der Waals surface area contributed by atoms with E-state index in [1.807, 2.05) is 13.0 Å². The lowest BCUT2D eigenvalue weighted by molar-refractivity contribution is 0.102. The van der Waals surface area contributed by atoms with Gasteiger partial charge in [0.15, 0.2) is 5.82 Å². The molecule has 3 aromatic rings. The van der Waals surface area contributed by atoms with Crippen molar-refractivity contribution < 1.29 is 17.9 Å². The molecule has 1 aromatic heterocycles. The molecule has 0 aliphatic heterocycles. The predicted molar refractivity (Wildman–Crippen MR) is 110 cm³/mol. The Morgan fingerprint density at radius 2 is 1.97 bits per heavy atom. The van der Waals surface area contributed by atoms with Gasteiger partial charge in [0.05, 0.1) is 17.2 Å². The first-order chi connectivity index (χ1) is 14.3. The maximum absolute atomic E-state index is 12.7. The van der Waals surface area contributed by atoms with Crippen molar-refractivity contribution in [2.45, 2.75) is 18.7 Å². The normalized spacial score (nSPS) is 11.4. The zero-order chi connectivity index (χ0) is 21.7. The Balaban J connectivity index is 1.81. The number of rotatable bonds is 8. The van der Waals surface area contributed by atoms with Crippen molar-refractivity contribution in [2.24, 2.45) is 0 Å². The smallest absolute Gasteiger partial charge is 0.255 e. The van der Waals surface area contributed by atoms with Crippen LogP contribution in [0.1, 0.15) is 21.7 Å². The van der Waals surface area contributed by atoms with Crippen molar-refractivity contribution in [3.8, 4) is 5.69 Å². The quantitative estimate of drug-likeness (QED) is 0.518. The topological polar surface area (TPSA) is 128 Å². The Bertz CT molecular complexity index is 1160. The summed E-state index contributed by atoms with van der Waals surface area (Å²) >= 11 is 0. The summed E-state index contributed by atoms with van der Waals surface area (Å²) in [5.74, 6) is 0.174. The molecule has 158 valence electrons. The molecule has 0 fully saturated rings. The SMILES string of the molecule is COCCNS(=O)(=O)c1cccc(C(=O)Nc2ccc(C)c(-n3nnnc3C)c2)c1. The van der Waals surface area contributed by atoms with Crippen LogP contribution in [0.15, 0.2) is 47.4 Å². The van der Waals surface area contributed by atoms with Gasteiger partial charge in [-0.2, -0.15) is 4.68 Å². The van der Waals surface area contributed by atoms with E-state index in [4.69, 9.17) is 4.74 Å². The lowest BCUT2D eigenvalue weighted by Crippen LogP contribution is -2.27. The van der Waals surface area contributed by atoms with Gasteiger partial charge >= 0.3 is 0 Å². The Kier molecular flexibility index (Phi) is 6.55. The molecule has 10 nitrogen and oxygen atoms in total. The van der Waals surface area contributed by atoms with E-state index in [1.54, 1.807) is 29.8 Å². The number of anilines is 1. The molecule has 30 heavy (non-hydrogen) atoms. The molecule has 0 unspecified atom stereocenters. The molecular weight excluding hydrogens is 408 g/mol. The molecule has 0 saturated heterocycles. The summed E-state index contributed by atoms with van der Waals surface area (Å²) < 4.78 is 33.6. The number of carbonyl (C=O) groups excluding carboxylic acids is 1. The van der Waals surface area contributed by atoms with E-state index in [9.17, 15) is 13.2 Å². The second kappa shape index (κ2) is 9.11. The highest BCUT2D eigenvalue weighted by molar-refractivity contribution is 7.89. The van der Waals surface area contributed by atoms with Crippen molar-refractivity contribution in [3.63, 3.8) is 0 Å². The van der Waals surface area contributed by atoms with Crippen LogP contribution in [-0.2, 0) is 14.8 Å². The fraction of sp³-hybridized carbons (Fsp3) is 0.263. The molecule has 0 radical (unpaired) electrons. The maximum Gasteiger partial charge on any atom is 0.255 e. The van der Waals surface area contributed by atoms with Crippen molar-refractivity contribution in [1.29, 1.82) is 0 Å². The van der Waals surface area contributed by atoms with Crippen LogP contribution in [0.3, 0.4) is 0 Å². The van der Waals surface area contributed by atoms with E-state index in [2.05, 4.69) is 25.6 Å². The number of methoxy groups -OCH3 is 1. The third kappa shape index (κ3) is 4.87. The average Bonchev–Trinajstić information content (AvgIpc) is 3.15. The van der Waals surface area contributed by atoms with Crippen molar-refractivity contribution in [3.05, 3.63) is 59.4 Å².